The first-order valence-corrected chi connectivity index (χ1v) is 6.29. The van der Waals surface area contributed by atoms with Crippen LogP contribution in [0.2, 0.25) is 0 Å². The highest BCUT2D eigenvalue weighted by Gasteiger charge is 2.17. The second-order valence-corrected chi connectivity index (χ2v) is 4.97. The number of rotatable bonds is 5. The van der Waals surface area contributed by atoms with Crippen LogP contribution in [0.25, 0.3) is 0 Å². The molecule has 0 spiro atoms. The highest BCUT2D eigenvalue weighted by Crippen LogP contribution is 2.22. The van der Waals surface area contributed by atoms with Gasteiger partial charge in [0.25, 0.3) is 0 Å². The molecule has 1 aromatic heterocycles. The molecular weight excluding hydrogens is 250 g/mol. The van der Waals surface area contributed by atoms with Crippen LogP contribution < -0.4 is 4.74 Å². The number of ether oxygens (including phenoxy) is 1. The van der Waals surface area contributed by atoms with Crippen LogP contribution in [0.3, 0.4) is 0 Å². The lowest BCUT2D eigenvalue weighted by atomic mass is 10.1. The fourth-order valence-electron chi connectivity index (χ4n) is 1.46. The number of hydrogen-bond acceptors (Lipinski definition) is 5. The quantitative estimate of drug-likeness (QED) is 0.661. The number of aromatic amines is 1. The van der Waals surface area contributed by atoms with E-state index in [4.69, 9.17) is 4.74 Å². The molecule has 2 aromatic rings. The van der Waals surface area contributed by atoms with E-state index in [2.05, 4.69) is 15.2 Å². The third kappa shape index (κ3) is 2.89. The summed E-state index contributed by atoms with van der Waals surface area (Å²) < 4.78 is 5.05. The molecule has 0 fully saturated rings. The summed E-state index contributed by atoms with van der Waals surface area (Å²) >= 11 is 1.35. The van der Waals surface area contributed by atoms with Crippen molar-refractivity contribution in [3.05, 3.63) is 36.2 Å². The van der Waals surface area contributed by atoms with Gasteiger partial charge in [-0.2, -0.15) is 5.10 Å². The molecule has 0 bridgehead atoms. The van der Waals surface area contributed by atoms with Crippen molar-refractivity contribution in [3.8, 4) is 5.75 Å². The summed E-state index contributed by atoms with van der Waals surface area (Å²) in [5.41, 5.74) is 0.662. The highest BCUT2D eigenvalue weighted by molar-refractivity contribution is 8.00. The molecule has 0 saturated heterocycles. The van der Waals surface area contributed by atoms with Gasteiger partial charge in [-0.1, -0.05) is 11.8 Å². The van der Waals surface area contributed by atoms with Crippen molar-refractivity contribution >= 4 is 17.5 Å². The third-order valence-corrected chi connectivity index (χ3v) is 3.41. The molecule has 18 heavy (non-hydrogen) atoms. The molecule has 0 saturated carbocycles. The number of Topliss-reactive ketones (excluding diaryl/α,β-unsaturated/α-hetero) is 1. The summed E-state index contributed by atoms with van der Waals surface area (Å²) in [5.74, 6) is 0.793. The van der Waals surface area contributed by atoms with Crippen LogP contribution in [0, 0.1) is 0 Å². The molecule has 2 rings (SSSR count). The minimum absolute atomic E-state index is 0.0547. The van der Waals surface area contributed by atoms with E-state index in [1.807, 2.05) is 6.92 Å². The molecule has 1 unspecified atom stereocenters. The van der Waals surface area contributed by atoms with Gasteiger partial charge in [-0.05, 0) is 31.2 Å². The summed E-state index contributed by atoms with van der Waals surface area (Å²) in [6.45, 7) is 1.85. The molecule has 94 valence electrons. The van der Waals surface area contributed by atoms with Crippen molar-refractivity contribution in [1.29, 1.82) is 0 Å². The Bertz CT molecular complexity index is 511. The summed E-state index contributed by atoms with van der Waals surface area (Å²) in [5, 5.41) is 6.89. The van der Waals surface area contributed by atoms with Crippen LogP contribution >= 0.6 is 11.8 Å². The van der Waals surface area contributed by atoms with Gasteiger partial charge in [-0.25, -0.2) is 4.98 Å². The maximum absolute atomic E-state index is 12.1. The smallest absolute Gasteiger partial charge is 0.184 e. The lowest BCUT2D eigenvalue weighted by molar-refractivity contribution is 0.0994. The zero-order chi connectivity index (χ0) is 13.0. The molecule has 1 atom stereocenters. The van der Waals surface area contributed by atoms with Gasteiger partial charge >= 0.3 is 0 Å². The van der Waals surface area contributed by atoms with Crippen molar-refractivity contribution < 1.29 is 9.53 Å². The van der Waals surface area contributed by atoms with Gasteiger partial charge in [-0.15, -0.1) is 0 Å². The number of nitrogens with zero attached hydrogens (tertiary/aromatic N) is 2. The van der Waals surface area contributed by atoms with E-state index in [-0.39, 0.29) is 11.0 Å². The van der Waals surface area contributed by atoms with Crippen molar-refractivity contribution in [3.63, 3.8) is 0 Å². The minimum Gasteiger partial charge on any atom is -0.497 e. The standard InChI is InChI=1S/C12H13N3O2S/c1-8(18-12-13-7-14-15-12)11(16)9-3-5-10(17-2)6-4-9/h3-8H,1-2H3,(H,13,14,15). The average Bonchev–Trinajstić information content (AvgIpc) is 2.91. The molecule has 1 aromatic carbocycles. The number of carbonyl (C=O) groups is 1. The van der Waals surface area contributed by atoms with Gasteiger partial charge < -0.3 is 4.74 Å². The maximum atomic E-state index is 12.1. The Morgan fingerprint density at radius 3 is 2.67 bits per heavy atom. The molecule has 0 aliphatic heterocycles. The predicted molar refractivity (Wildman–Crippen MR) is 69.0 cm³/mol. The zero-order valence-corrected chi connectivity index (χ0v) is 10.9. The fraction of sp³-hybridized carbons (Fsp3) is 0.250. The van der Waals surface area contributed by atoms with E-state index < -0.39 is 0 Å². The number of hydrogen-bond donors (Lipinski definition) is 1. The number of thioether (sulfide) groups is 1. The Morgan fingerprint density at radius 1 is 1.39 bits per heavy atom. The van der Waals surface area contributed by atoms with Gasteiger partial charge in [0.05, 0.1) is 12.4 Å². The summed E-state index contributed by atoms with van der Waals surface area (Å²) in [6, 6.07) is 7.08. The third-order valence-electron chi connectivity index (χ3n) is 2.43. The largest absolute Gasteiger partial charge is 0.497 e. The number of aromatic nitrogens is 3. The Kier molecular flexibility index (Phi) is 3.99. The van der Waals surface area contributed by atoms with Crippen molar-refractivity contribution in [2.75, 3.05) is 7.11 Å². The monoisotopic (exact) mass is 263 g/mol. The summed E-state index contributed by atoms with van der Waals surface area (Å²) in [6.07, 6.45) is 1.42. The van der Waals surface area contributed by atoms with E-state index in [1.165, 1.54) is 18.1 Å². The van der Waals surface area contributed by atoms with Gasteiger partial charge in [0.2, 0.25) is 0 Å². The first kappa shape index (κ1) is 12.6. The molecule has 0 aliphatic carbocycles. The zero-order valence-electron chi connectivity index (χ0n) is 10.1. The molecule has 1 N–H and O–H groups in total. The van der Waals surface area contributed by atoms with E-state index in [1.54, 1.807) is 31.4 Å². The molecular formula is C12H13N3O2S. The van der Waals surface area contributed by atoms with Gasteiger partial charge in [-0.3, -0.25) is 9.89 Å². The topological polar surface area (TPSA) is 67.9 Å². The van der Waals surface area contributed by atoms with Crippen LogP contribution in [0.15, 0.2) is 35.7 Å². The number of benzene rings is 1. The number of ketones is 1. The molecule has 0 aliphatic rings. The van der Waals surface area contributed by atoms with Crippen LogP contribution in [0.1, 0.15) is 17.3 Å². The number of carbonyl (C=O) groups excluding carboxylic acids is 1. The van der Waals surface area contributed by atoms with Gasteiger partial charge in [0, 0.05) is 5.56 Å². The Hall–Kier alpha value is -1.82. The van der Waals surface area contributed by atoms with E-state index in [9.17, 15) is 4.79 Å². The van der Waals surface area contributed by atoms with E-state index >= 15 is 0 Å². The van der Waals surface area contributed by atoms with Gasteiger partial charge in [0.15, 0.2) is 10.9 Å². The highest BCUT2D eigenvalue weighted by atomic mass is 32.2. The van der Waals surface area contributed by atoms with E-state index in [0.29, 0.717) is 10.7 Å². The molecule has 5 nitrogen and oxygen atoms in total. The van der Waals surface area contributed by atoms with Crippen molar-refractivity contribution in [1.82, 2.24) is 15.2 Å². The molecule has 6 heteroatoms. The lowest BCUT2D eigenvalue weighted by Gasteiger charge is -2.08. The van der Waals surface area contributed by atoms with Crippen molar-refractivity contribution in [2.45, 2.75) is 17.3 Å². The lowest BCUT2D eigenvalue weighted by Crippen LogP contribution is -2.13. The normalized spacial score (nSPS) is 12.1. The second-order valence-electron chi connectivity index (χ2n) is 3.64. The molecule has 0 amide bonds. The number of H-pyrrole nitrogens is 1. The molecule has 1 heterocycles. The fourth-order valence-corrected chi connectivity index (χ4v) is 2.25. The molecule has 0 radical (unpaired) electrons. The first-order valence-electron chi connectivity index (χ1n) is 5.41. The number of methoxy groups -OCH3 is 1. The Morgan fingerprint density at radius 2 is 2.11 bits per heavy atom. The van der Waals surface area contributed by atoms with E-state index in [0.717, 1.165) is 5.75 Å². The summed E-state index contributed by atoms with van der Waals surface area (Å²) in [4.78, 5) is 16.1. The van der Waals surface area contributed by atoms with Crippen LogP contribution in [0.5, 0.6) is 5.75 Å². The Labute approximate surface area is 109 Å². The second kappa shape index (κ2) is 5.68. The van der Waals surface area contributed by atoms with Crippen molar-refractivity contribution in [2.24, 2.45) is 0 Å². The number of nitrogens with one attached hydrogen (secondary N) is 1. The average molecular weight is 263 g/mol. The maximum Gasteiger partial charge on any atom is 0.184 e. The van der Waals surface area contributed by atoms with Crippen LogP contribution in [-0.2, 0) is 0 Å². The van der Waals surface area contributed by atoms with Gasteiger partial charge in [0.1, 0.15) is 12.1 Å². The Balaban J connectivity index is 2.05. The minimum atomic E-state index is -0.216. The summed E-state index contributed by atoms with van der Waals surface area (Å²) in [7, 11) is 1.60. The van der Waals surface area contributed by atoms with Crippen LogP contribution in [0.4, 0.5) is 0 Å². The van der Waals surface area contributed by atoms with Crippen LogP contribution in [-0.4, -0.2) is 33.3 Å². The predicted octanol–water partition coefficient (Wildman–Crippen LogP) is 2.18. The first-order chi connectivity index (χ1) is 8.70. The SMILES string of the molecule is COc1ccc(C(=O)C(C)Sc2ncn[nH]2)cc1.